The van der Waals surface area contributed by atoms with E-state index in [1.807, 2.05) is 6.08 Å². The van der Waals surface area contributed by atoms with Gasteiger partial charge in [-0.05, 0) is 17.8 Å². The molecule has 0 aromatic heterocycles. The van der Waals surface area contributed by atoms with E-state index in [0.29, 0.717) is 11.8 Å². The van der Waals surface area contributed by atoms with E-state index in [9.17, 15) is 0 Å². The molecule has 0 amide bonds. The predicted octanol–water partition coefficient (Wildman–Crippen LogP) is 2.48. The average molecular weight is 154 g/mol. The number of hydrogen-bond donors (Lipinski definition) is 0. The quantitative estimate of drug-likeness (QED) is 0.527. The Labute approximate surface area is 69.4 Å². The summed E-state index contributed by atoms with van der Waals surface area (Å²) in [5, 5.41) is 0. The first kappa shape index (κ1) is 8.79. The first-order valence-corrected chi connectivity index (χ1v) is 4.41. The summed E-state index contributed by atoms with van der Waals surface area (Å²) in [6, 6.07) is 0. The molecule has 0 saturated carbocycles. The van der Waals surface area contributed by atoms with Crippen molar-refractivity contribution in [1.29, 1.82) is 0 Å². The van der Waals surface area contributed by atoms with Crippen molar-refractivity contribution < 1.29 is 4.74 Å². The monoisotopic (exact) mass is 154 g/mol. The summed E-state index contributed by atoms with van der Waals surface area (Å²) in [4.78, 5) is 0. The molecule has 0 aromatic carbocycles. The van der Waals surface area contributed by atoms with Crippen LogP contribution in [0.15, 0.2) is 12.7 Å². The SMILES string of the molecule is C=CC1OCC(C)C(C)C1C. The normalized spacial score (nSPS) is 45.4. The Morgan fingerprint density at radius 1 is 1.27 bits per heavy atom. The van der Waals surface area contributed by atoms with Gasteiger partial charge in [0.25, 0.3) is 0 Å². The van der Waals surface area contributed by atoms with Crippen molar-refractivity contribution in [3.63, 3.8) is 0 Å². The average Bonchev–Trinajstić information content (AvgIpc) is 2.01. The topological polar surface area (TPSA) is 9.23 Å². The molecule has 1 nitrogen and oxygen atoms in total. The van der Waals surface area contributed by atoms with E-state index in [1.165, 1.54) is 0 Å². The molecule has 0 aromatic rings. The number of ether oxygens (including phenoxy) is 1. The van der Waals surface area contributed by atoms with E-state index in [0.717, 1.165) is 12.5 Å². The molecule has 4 atom stereocenters. The van der Waals surface area contributed by atoms with Crippen molar-refractivity contribution in [2.75, 3.05) is 6.61 Å². The summed E-state index contributed by atoms with van der Waals surface area (Å²) in [6.45, 7) is 11.5. The second kappa shape index (κ2) is 3.40. The van der Waals surface area contributed by atoms with Gasteiger partial charge >= 0.3 is 0 Å². The molecule has 0 aliphatic carbocycles. The van der Waals surface area contributed by atoms with Crippen LogP contribution in [0.25, 0.3) is 0 Å². The van der Waals surface area contributed by atoms with Crippen LogP contribution in [0.4, 0.5) is 0 Å². The van der Waals surface area contributed by atoms with Gasteiger partial charge in [0.2, 0.25) is 0 Å². The summed E-state index contributed by atoms with van der Waals surface area (Å²) < 4.78 is 5.60. The van der Waals surface area contributed by atoms with Crippen molar-refractivity contribution in [3.05, 3.63) is 12.7 Å². The van der Waals surface area contributed by atoms with Gasteiger partial charge in [-0.1, -0.05) is 26.8 Å². The predicted molar refractivity (Wildman–Crippen MR) is 47.4 cm³/mol. The van der Waals surface area contributed by atoms with Gasteiger partial charge in [-0.25, -0.2) is 0 Å². The standard InChI is InChI=1S/C10H18O/c1-5-10-9(4)8(3)7(2)6-11-10/h5,7-10H,1,6H2,2-4H3. The van der Waals surface area contributed by atoms with Crippen molar-refractivity contribution in [2.24, 2.45) is 17.8 Å². The Hall–Kier alpha value is -0.300. The van der Waals surface area contributed by atoms with Crippen LogP contribution in [0, 0.1) is 17.8 Å². The smallest absolute Gasteiger partial charge is 0.0781 e. The minimum absolute atomic E-state index is 0.279. The summed E-state index contributed by atoms with van der Waals surface area (Å²) >= 11 is 0. The van der Waals surface area contributed by atoms with E-state index in [2.05, 4.69) is 27.4 Å². The summed E-state index contributed by atoms with van der Waals surface area (Å²) in [5.74, 6) is 2.07. The van der Waals surface area contributed by atoms with Crippen molar-refractivity contribution in [2.45, 2.75) is 26.9 Å². The first-order valence-electron chi connectivity index (χ1n) is 4.41. The van der Waals surface area contributed by atoms with Gasteiger partial charge in [-0.15, -0.1) is 6.58 Å². The lowest BCUT2D eigenvalue weighted by Crippen LogP contribution is -2.37. The molecule has 0 spiro atoms. The van der Waals surface area contributed by atoms with Crippen molar-refractivity contribution in [3.8, 4) is 0 Å². The molecular formula is C10H18O. The highest BCUT2D eigenvalue weighted by Crippen LogP contribution is 2.30. The lowest BCUT2D eigenvalue weighted by Gasteiger charge is -2.36. The van der Waals surface area contributed by atoms with Gasteiger partial charge < -0.3 is 4.74 Å². The van der Waals surface area contributed by atoms with Crippen LogP contribution in [0.5, 0.6) is 0 Å². The molecule has 1 heteroatoms. The van der Waals surface area contributed by atoms with E-state index in [-0.39, 0.29) is 6.10 Å². The zero-order chi connectivity index (χ0) is 8.43. The maximum Gasteiger partial charge on any atom is 0.0781 e. The fraction of sp³-hybridized carbons (Fsp3) is 0.800. The van der Waals surface area contributed by atoms with Gasteiger partial charge in [0, 0.05) is 0 Å². The van der Waals surface area contributed by atoms with Crippen LogP contribution in [-0.2, 0) is 4.74 Å². The Bertz CT molecular complexity index is 142. The highest BCUT2D eigenvalue weighted by molar-refractivity contribution is 4.90. The minimum Gasteiger partial charge on any atom is -0.374 e. The number of rotatable bonds is 1. The molecule has 11 heavy (non-hydrogen) atoms. The van der Waals surface area contributed by atoms with Gasteiger partial charge in [-0.2, -0.15) is 0 Å². The molecule has 0 bridgehead atoms. The van der Waals surface area contributed by atoms with Crippen LogP contribution in [0.1, 0.15) is 20.8 Å². The van der Waals surface area contributed by atoms with E-state index in [1.54, 1.807) is 0 Å². The molecule has 4 unspecified atom stereocenters. The third-order valence-corrected chi connectivity index (χ3v) is 3.03. The highest BCUT2D eigenvalue weighted by atomic mass is 16.5. The lowest BCUT2D eigenvalue weighted by atomic mass is 9.80. The lowest BCUT2D eigenvalue weighted by molar-refractivity contribution is -0.0511. The van der Waals surface area contributed by atoms with Crippen LogP contribution in [0.2, 0.25) is 0 Å². The Morgan fingerprint density at radius 2 is 1.91 bits per heavy atom. The molecule has 0 radical (unpaired) electrons. The van der Waals surface area contributed by atoms with Gasteiger partial charge in [0.1, 0.15) is 0 Å². The highest BCUT2D eigenvalue weighted by Gasteiger charge is 2.30. The van der Waals surface area contributed by atoms with Gasteiger partial charge in [0.15, 0.2) is 0 Å². The zero-order valence-electron chi connectivity index (χ0n) is 7.71. The third kappa shape index (κ3) is 1.64. The van der Waals surface area contributed by atoms with Gasteiger partial charge in [-0.3, -0.25) is 0 Å². The maximum atomic E-state index is 5.60. The molecule has 1 aliphatic heterocycles. The molecule has 1 heterocycles. The Morgan fingerprint density at radius 3 is 2.45 bits per heavy atom. The second-order valence-corrected chi connectivity index (χ2v) is 3.73. The van der Waals surface area contributed by atoms with E-state index in [4.69, 9.17) is 4.74 Å². The van der Waals surface area contributed by atoms with E-state index >= 15 is 0 Å². The van der Waals surface area contributed by atoms with Crippen LogP contribution < -0.4 is 0 Å². The summed E-state index contributed by atoms with van der Waals surface area (Å²) in [5.41, 5.74) is 0. The Balaban J connectivity index is 2.58. The molecule has 64 valence electrons. The molecule has 0 N–H and O–H groups in total. The first-order chi connectivity index (χ1) is 5.16. The fourth-order valence-electron chi connectivity index (χ4n) is 1.67. The van der Waals surface area contributed by atoms with Gasteiger partial charge in [0.05, 0.1) is 12.7 Å². The van der Waals surface area contributed by atoms with Crippen molar-refractivity contribution >= 4 is 0 Å². The minimum atomic E-state index is 0.279. The molecule has 1 fully saturated rings. The zero-order valence-corrected chi connectivity index (χ0v) is 7.71. The van der Waals surface area contributed by atoms with Crippen LogP contribution in [-0.4, -0.2) is 12.7 Å². The maximum absolute atomic E-state index is 5.60. The van der Waals surface area contributed by atoms with Crippen molar-refractivity contribution in [1.82, 2.24) is 0 Å². The van der Waals surface area contributed by atoms with Crippen LogP contribution >= 0.6 is 0 Å². The molecule has 1 aliphatic rings. The summed E-state index contributed by atoms with van der Waals surface area (Å²) in [6.07, 6.45) is 2.20. The largest absolute Gasteiger partial charge is 0.374 e. The second-order valence-electron chi connectivity index (χ2n) is 3.73. The molecule has 1 rings (SSSR count). The van der Waals surface area contributed by atoms with E-state index < -0.39 is 0 Å². The summed E-state index contributed by atoms with van der Waals surface area (Å²) in [7, 11) is 0. The number of hydrogen-bond acceptors (Lipinski definition) is 1. The Kier molecular flexibility index (Phi) is 2.72. The molecular weight excluding hydrogens is 136 g/mol. The fourth-order valence-corrected chi connectivity index (χ4v) is 1.67. The molecule has 1 saturated heterocycles. The van der Waals surface area contributed by atoms with Crippen LogP contribution in [0.3, 0.4) is 0 Å². The third-order valence-electron chi connectivity index (χ3n) is 3.03.